The first kappa shape index (κ1) is 20.2. The second kappa shape index (κ2) is 7.64. The van der Waals surface area contributed by atoms with E-state index in [-0.39, 0.29) is 0 Å². The fourth-order valence-electron chi connectivity index (χ4n) is 3.36. The topological polar surface area (TPSA) is 67.2 Å². The van der Waals surface area contributed by atoms with E-state index in [0.29, 0.717) is 11.3 Å². The van der Waals surface area contributed by atoms with Crippen LogP contribution in [0, 0.1) is 6.92 Å². The molecule has 0 bridgehead atoms. The van der Waals surface area contributed by atoms with Crippen LogP contribution in [0.2, 0.25) is 0 Å². The lowest BCUT2D eigenvalue weighted by Crippen LogP contribution is -2.38. The summed E-state index contributed by atoms with van der Waals surface area (Å²) in [6.45, 7) is 3.73. The van der Waals surface area contributed by atoms with E-state index in [1.165, 1.54) is 17.4 Å². The number of thiazole rings is 1. The number of pyridine rings is 1. The Balaban J connectivity index is 1.70. The third-order valence-corrected chi connectivity index (χ3v) is 5.84. The van der Waals surface area contributed by atoms with Crippen LogP contribution in [-0.2, 0) is 6.18 Å². The van der Waals surface area contributed by atoms with E-state index < -0.39 is 29.9 Å². The number of hydrogen-bond acceptors (Lipinski definition) is 4. The number of nitrogens with one attached hydrogen (secondary N) is 1. The predicted molar refractivity (Wildman–Crippen MR) is 109 cm³/mol. The third kappa shape index (κ3) is 3.97. The smallest absolute Gasteiger partial charge is 0.328 e. The van der Waals surface area contributed by atoms with Crippen molar-refractivity contribution in [1.82, 2.24) is 15.3 Å². The van der Waals surface area contributed by atoms with Crippen LogP contribution in [0.1, 0.15) is 40.7 Å². The van der Waals surface area contributed by atoms with Gasteiger partial charge < -0.3 is 5.32 Å². The Hall–Kier alpha value is -3.07. The Kier molecular flexibility index (Phi) is 5.15. The molecule has 2 unspecified atom stereocenters. The maximum atomic E-state index is 12.9. The van der Waals surface area contributed by atoms with Crippen LogP contribution in [0.5, 0.6) is 0 Å². The molecular formula is C21H17F3N4OS. The summed E-state index contributed by atoms with van der Waals surface area (Å²) in [5.74, 6) is -0.398. The number of carbonyl (C=O) groups is 1. The molecule has 1 aromatic carbocycles. The van der Waals surface area contributed by atoms with E-state index in [4.69, 9.17) is 4.98 Å². The minimum absolute atomic E-state index is 0.398. The molecule has 9 heteroatoms. The normalized spacial score (nSPS) is 19.4. The number of aryl methyl sites for hydroxylation is 1. The van der Waals surface area contributed by atoms with Crippen LogP contribution in [0.25, 0.3) is 11.3 Å². The number of nitrogens with zero attached hydrogens (tertiary/aromatic N) is 3. The van der Waals surface area contributed by atoms with Gasteiger partial charge in [0.1, 0.15) is 10.7 Å². The highest BCUT2D eigenvalue weighted by atomic mass is 32.1. The number of aromatic nitrogens is 2. The Morgan fingerprint density at radius 2 is 1.80 bits per heavy atom. The zero-order valence-corrected chi connectivity index (χ0v) is 16.9. The molecule has 0 saturated heterocycles. The summed E-state index contributed by atoms with van der Waals surface area (Å²) in [5.41, 5.74) is 2.93. The molecule has 5 nitrogen and oxygen atoms in total. The van der Waals surface area contributed by atoms with Crippen LogP contribution in [-0.4, -0.2) is 21.7 Å². The second-order valence-electron chi connectivity index (χ2n) is 7.07. The summed E-state index contributed by atoms with van der Waals surface area (Å²) >= 11 is 1.42. The van der Waals surface area contributed by atoms with Crippen molar-refractivity contribution >= 4 is 23.1 Å². The number of urea groups is 1. The number of aliphatic imine (C=N–C) groups is 1. The Morgan fingerprint density at radius 3 is 2.43 bits per heavy atom. The largest absolute Gasteiger partial charge is 0.433 e. The Labute approximate surface area is 174 Å². The summed E-state index contributed by atoms with van der Waals surface area (Å²) in [7, 11) is 0. The average Bonchev–Trinajstić information content (AvgIpc) is 3.17. The van der Waals surface area contributed by atoms with Crippen molar-refractivity contribution in [3.63, 3.8) is 0 Å². The average molecular weight is 430 g/mol. The lowest BCUT2D eigenvalue weighted by Gasteiger charge is -2.29. The molecule has 3 aromatic rings. The maximum Gasteiger partial charge on any atom is 0.433 e. The van der Waals surface area contributed by atoms with Crippen LogP contribution < -0.4 is 5.32 Å². The minimum atomic E-state index is -4.52. The molecule has 0 radical (unpaired) electrons. The number of rotatable bonds is 3. The van der Waals surface area contributed by atoms with Gasteiger partial charge in [0.25, 0.3) is 0 Å². The van der Waals surface area contributed by atoms with E-state index in [1.807, 2.05) is 36.6 Å². The van der Waals surface area contributed by atoms with Crippen molar-refractivity contribution in [3.05, 3.63) is 69.8 Å². The first-order valence-corrected chi connectivity index (χ1v) is 10.0. The van der Waals surface area contributed by atoms with Gasteiger partial charge >= 0.3 is 12.2 Å². The molecule has 2 aromatic heterocycles. The zero-order valence-electron chi connectivity index (χ0n) is 16.1. The van der Waals surface area contributed by atoms with Gasteiger partial charge in [-0.05, 0) is 25.5 Å². The van der Waals surface area contributed by atoms with Crippen molar-refractivity contribution in [1.29, 1.82) is 0 Å². The first-order chi connectivity index (χ1) is 14.2. The van der Waals surface area contributed by atoms with Crippen molar-refractivity contribution in [2.45, 2.75) is 32.0 Å². The van der Waals surface area contributed by atoms with E-state index >= 15 is 0 Å². The van der Waals surface area contributed by atoms with Gasteiger partial charge in [-0.2, -0.15) is 13.2 Å². The van der Waals surface area contributed by atoms with E-state index in [1.54, 1.807) is 6.92 Å². The van der Waals surface area contributed by atoms with Crippen molar-refractivity contribution in [3.8, 4) is 11.3 Å². The van der Waals surface area contributed by atoms with E-state index in [2.05, 4.69) is 15.3 Å². The van der Waals surface area contributed by atoms with Crippen molar-refractivity contribution < 1.29 is 18.0 Å². The van der Waals surface area contributed by atoms with Gasteiger partial charge in [-0.25, -0.2) is 14.8 Å². The molecular weight excluding hydrogens is 413 g/mol. The molecule has 154 valence electrons. The molecule has 4 rings (SSSR count). The van der Waals surface area contributed by atoms with Crippen LogP contribution >= 0.6 is 11.3 Å². The van der Waals surface area contributed by atoms with Crippen LogP contribution in [0.3, 0.4) is 0 Å². The molecule has 2 atom stereocenters. The standard InChI is InChI=1S/C21H17F3N4OS/c1-11-3-5-13(6-4-11)15-10-30-19(27-15)17-12(2)26-20(29)28-18(17)14-7-8-16(25-9-14)21(22,23)24/h3-10,17-18H,1-2H3,(H,28,29). The van der Waals surface area contributed by atoms with Crippen LogP contribution in [0.4, 0.5) is 18.0 Å². The van der Waals surface area contributed by atoms with Gasteiger partial charge in [0.2, 0.25) is 0 Å². The lowest BCUT2D eigenvalue weighted by molar-refractivity contribution is -0.141. The van der Waals surface area contributed by atoms with Crippen molar-refractivity contribution in [2.75, 3.05) is 0 Å². The molecule has 1 N–H and O–H groups in total. The van der Waals surface area contributed by atoms with Crippen LogP contribution in [0.15, 0.2) is 53.0 Å². The molecule has 0 aliphatic carbocycles. The summed E-state index contributed by atoms with van der Waals surface area (Å²) in [4.78, 5) is 24.3. The number of hydrogen-bond donors (Lipinski definition) is 1. The third-order valence-electron chi connectivity index (χ3n) is 4.91. The summed E-state index contributed by atoms with van der Waals surface area (Å²) < 4.78 is 38.6. The number of benzene rings is 1. The number of halogens is 3. The molecule has 3 heterocycles. The highest BCUT2D eigenvalue weighted by Gasteiger charge is 2.36. The monoisotopic (exact) mass is 430 g/mol. The molecule has 1 aliphatic heterocycles. The van der Waals surface area contributed by atoms with Gasteiger partial charge in [-0.15, -0.1) is 11.3 Å². The molecule has 0 fully saturated rings. The molecule has 30 heavy (non-hydrogen) atoms. The highest BCUT2D eigenvalue weighted by molar-refractivity contribution is 7.10. The second-order valence-corrected chi connectivity index (χ2v) is 7.96. The molecule has 0 spiro atoms. The van der Waals surface area contributed by atoms with Crippen molar-refractivity contribution in [2.24, 2.45) is 4.99 Å². The van der Waals surface area contributed by atoms with Gasteiger partial charge in [0.05, 0.1) is 17.7 Å². The minimum Gasteiger partial charge on any atom is -0.328 e. The SMILES string of the molecule is CC1=NC(=O)NC(c2ccc(C(F)(F)F)nc2)C1c1nc(-c2ccc(C)cc2)cs1. The fraction of sp³-hybridized carbons (Fsp3) is 0.238. The number of alkyl halides is 3. The van der Waals surface area contributed by atoms with E-state index in [0.717, 1.165) is 34.1 Å². The number of amides is 2. The highest BCUT2D eigenvalue weighted by Crippen LogP contribution is 2.38. The molecule has 2 amide bonds. The van der Waals surface area contributed by atoms with Gasteiger partial charge in [-0.3, -0.25) is 4.98 Å². The maximum absolute atomic E-state index is 12.9. The zero-order chi connectivity index (χ0) is 21.5. The molecule has 0 saturated carbocycles. The first-order valence-electron chi connectivity index (χ1n) is 9.13. The van der Waals surface area contributed by atoms with E-state index in [9.17, 15) is 18.0 Å². The summed E-state index contributed by atoms with van der Waals surface area (Å²) in [6.07, 6.45) is -3.38. The van der Waals surface area contributed by atoms with Gasteiger partial charge in [0.15, 0.2) is 0 Å². The fourth-order valence-corrected chi connectivity index (χ4v) is 4.39. The van der Waals surface area contributed by atoms with Gasteiger partial charge in [0, 0.05) is 22.9 Å². The Morgan fingerprint density at radius 1 is 1.07 bits per heavy atom. The van der Waals surface area contributed by atoms with Gasteiger partial charge in [-0.1, -0.05) is 35.9 Å². The molecule has 1 aliphatic rings. The quantitative estimate of drug-likeness (QED) is 0.593. The predicted octanol–water partition coefficient (Wildman–Crippen LogP) is 5.54. The summed E-state index contributed by atoms with van der Waals surface area (Å²) in [5, 5.41) is 5.39. The lowest BCUT2D eigenvalue weighted by atomic mass is 9.89. The number of carbonyl (C=O) groups excluding carboxylic acids is 1. The summed E-state index contributed by atoms with van der Waals surface area (Å²) in [6, 6.07) is 9.06. The Bertz CT molecular complexity index is 1100.